The Morgan fingerprint density at radius 3 is 2.67 bits per heavy atom. The number of aliphatic hydroxyl groups excluding tert-OH is 1. The molecule has 0 aliphatic heterocycles. The summed E-state index contributed by atoms with van der Waals surface area (Å²) < 4.78 is 0. The molecule has 0 amide bonds. The van der Waals surface area contributed by atoms with Gasteiger partial charge in [-0.15, -0.1) is 6.42 Å². The van der Waals surface area contributed by atoms with Crippen LogP contribution in [0.4, 0.5) is 0 Å². The normalized spacial score (nSPS) is 32.3. The Labute approximate surface area is 93.5 Å². The van der Waals surface area contributed by atoms with E-state index in [-0.39, 0.29) is 11.6 Å². The zero-order valence-electron chi connectivity index (χ0n) is 10.1. The Bertz CT molecular complexity index is 241. The minimum Gasteiger partial charge on any atom is -0.393 e. The molecule has 0 bridgehead atoms. The lowest BCUT2D eigenvalue weighted by Crippen LogP contribution is -2.52. The summed E-state index contributed by atoms with van der Waals surface area (Å²) in [6.07, 6.45) is 8.28. The Morgan fingerprint density at radius 2 is 2.13 bits per heavy atom. The predicted octanol–water partition coefficient (Wildman–Crippen LogP) is 1.78. The molecule has 0 spiro atoms. The molecule has 1 aliphatic rings. The van der Waals surface area contributed by atoms with Crippen LogP contribution >= 0.6 is 0 Å². The van der Waals surface area contributed by atoms with Gasteiger partial charge in [-0.3, -0.25) is 0 Å². The van der Waals surface area contributed by atoms with Gasteiger partial charge in [-0.1, -0.05) is 19.3 Å². The standard InChI is InChI=1S/C13H23NO/c1-5-8-14-13(3,4)11-7-6-10(2)9-12(11)15/h1,10-12,14-15H,6-9H2,2-4H3/t10-,11-,12-/m1/s1. The molecule has 0 aromatic carbocycles. The minimum absolute atomic E-state index is 0.0636. The molecule has 1 rings (SSSR count). The van der Waals surface area contributed by atoms with Gasteiger partial charge in [-0.05, 0) is 32.6 Å². The van der Waals surface area contributed by atoms with Gasteiger partial charge in [0.1, 0.15) is 0 Å². The predicted molar refractivity (Wildman–Crippen MR) is 63.4 cm³/mol. The smallest absolute Gasteiger partial charge is 0.0588 e. The Morgan fingerprint density at radius 1 is 1.47 bits per heavy atom. The topological polar surface area (TPSA) is 32.3 Å². The van der Waals surface area contributed by atoms with Crippen LogP contribution in [0, 0.1) is 24.2 Å². The van der Waals surface area contributed by atoms with E-state index >= 15 is 0 Å². The number of rotatable bonds is 3. The van der Waals surface area contributed by atoms with E-state index in [1.54, 1.807) is 0 Å². The van der Waals surface area contributed by atoms with Crippen LogP contribution in [0.3, 0.4) is 0 Å². The van der Waals surface area contributed by atoms with E-state index in [1.165, 1.54) is 6.42 Å². The van der Waals surface area contributed by atoms with E-state index in [4.69, 9.17) is 6.42 Å². The quantitative estimate of drug-likeness (QED) is 0.695. The number of terminal acetylenes is 1. The molecule has 1 fully saturated rings. The van der Waals surface area contributed by atoms with E-state index in [9.17, 15) is 5.11 Å². The molecule has 0 saturated heterocycles. The molecule has 0 unspecified atom stereocenters. The van der Waals surface area contributed by atoms with Crippen LogP contribution in [0.2, 0.25) is 0 Å². The summed E-state index contributed by atoms with van der Waals surface area (Å²) in [5.41, 5.74) is -0.0636. The largest absolute Gasteiger partial charge is 0.393 e. The third-order valence-electron chi connectivity index (χ3n) is 3.65. The Balaban J connectivity index is 2.58. The van der Waals surface area contributed by atoms with Crippen molar-refractivity contribution in [3.05, 3.63) is 0 Å². The monoisotopic (exact) mass is 209 g/mol. The van der Waals surface area contributed by atoms with Crippen molar-refractivity contribution in [3.63, 3.8) is 0 Å². The van der Waals surface area contributed by atoms with Crippen LogP contribution < -0.4 is 5.32 Å². The average molecular weight is 209 g/mol. The summed E-state index contributed by atoms with van der Waals surface area (Å²) >= 11 is 0. The van der Waals surface area contributed by atoms with E-state index in [0.29, 0.717) is 18.4 Å². The van der Waals surface area contributed by atoms with Crippen LogP contribution in [-0.2, 0) is 0 Å². The van der Waals surface area contributed by atoms with Crippen molar-refractivity contribution in [2.75, 3.05) is 6.54 Å². The maximum Gasteiger partial charge on any atom is 0.0588 e. The van der Waals surface area contributed by atoms with E-state index in [0.717, 1.165) is 12.8 Å². The van der Waals surface area contributed by atoms with Crippen LogP contribution in [0.5, 0.6) is 0 Å². The summed E-state index contributed by atoms with van der Waals surface area (Å²) in [6, 6.07) is 0. The fraction of sp³-hybridized carbons (Fsp3) is 0.846. The zero-order chi connectivity index (χ0) is 11.5. The second kappa shape index (κ2) is 5.01. The highest BCUT2D eigenvalue weighted by Crippen LogP contribution is 2.35. The van der Waals surface area contributed by atoms with Gasteiger partial charge in [0, 0.05) is 11.5 Å². The molecule has 0 radical (unpaired) electrons. The molecule has 86 valence electrons. The van der Waals surface area contributed by atoms with Gasteiger partial charge in [0.2, 0.25) is 0 Å². The van der Waals surface area contributed by atoms with E-state index in [1.807, 2.05) is 0 Å². The fourth-order valence-electron chi connectivity index (χ4n) is 2.60. The summed E-state index contributed by atoms with van der Waals surface area (Å²) in [5.74, 6) is 3.57. The van der Waals surface area contributed by atoms with E-state index < -0.39 is 0 Å². The summed E-state index contributed by atoms with van der Waals surface area (Å²) in [4.78, 5) is 0. The number of aliphatic hydroxyl groups is 1. The summed E-state index contributed by atoms with van der Waals surface area (Å²) in [6.45, 7) is 7.05. The van der Waals surface area contributed by atoms with E-state index in [2.05, 4.69) is 32.0 Å². The van der Waals surface area contributed by atoms with Crippen LogP contribution in [0.1, 0.15) is 40.0 Å². The molecule has 2 N–H and O–H groups in total. The minimum atomic E-state index is -0.186. The first-order valence-electron chi connectivity index (χ1n) is 5.84. The highest BCUT2D eigenvalue weighted by atomic mass is 16.3. The molecule has 0 heterocycles. The number of nitrogens with one attached hydrogen (secondary N) is 1. The molecule has 15 heavy (non-hydrogen) atoms. The lowest BCUT2D eigenvalue weighted by atomic mass is 9.72. The summed E-state index contributed by atoms with van der Waals surface area (Å²) in [5, 5.41) is 13.4. The molecule has 2 nitrogen and oxygen atoms in total. The highest BCUT2D eigenvalue weighted by molar-refractivity contribution is 4.97. The maximum atomic E-state index is 10.1. The van der Waals surface area contributed by atoms with Crippen molar-refractivity contribution in [2.24, 2.45) is 11.8 Å². The van der Waals surface area contributed by atoms with Crippen LogP contribution in [0.25, 0.3) is 0 Å². The maximum absolute atomic E-state index is 10.1. The van der Waals surface area contributed by atoms with Gasteiger partial charge in [-0.25, -0.2) is 0 Å². The Kier molecular flexibility index (Phi) is 4.19. The third-order valence-corrected chi connectivity index (χ3v) is 3.65. The van der Waals surface area contributed by atoms with Crippen molar-refractivity contribution in [1.82, 2.24) is 5.32 Å². The molecular formula is C13H23NO. The molecule has 1 aliphatic carbocycles. The Hall–Kier alpha value is -0.520. The number of hydrogen-bond donors (Lipinski definition) is 2. The highest BCUT2D eigenvalue weighted by Gasteiger charge is 2.37. The van der Waals surface area contributed by atoms with Gasteiger partial charge in [-0.2, -0.15) is 0 Å². The van der Waals surface area contributed by atoms with Crippen LogP contribution in [-0.4, -0.2) is 23.3 Å². The van der Waals surface area contributed by atoms with Crippen LogP contribution in [0.15, 0.2) is 0 Å². The second-order valence-electron chi connectivity index (χ2n) is 5.37. The second-order valence-corrected chi connectivity index (χ2v) is 5.37. The average Bonchev–Trinajstić information content (AvgIpc) is 2.14. The molecular weight excluding hydrogens is 186 g/mol. The lowest BCUT2D eigenvalue weighted by molar-refractivity contribution is 0.00732. The van der Waals surface area contributed by atoms with Crippen molar-refractivity contribution < 1.29 is 5.11 Å². The van der Waals surface area contributed by atoms with Gasteiger partial charge in [0.25, 0.3) is 0 Å². The summed E-state index contributed by atoms with van der Waals surface area (Å²) in [7, 11) is 0. The van der Waals surface area contributed by atoms with Gasteiger partial charge in [0.15, 0.2) is 0 Å². The molecule has 0 aromatic heterocycles. The van der Waals surface area contributed by atoms with Gasteiger partial charge in [0.05, 0.1) is 12.6 Å². The van der Waals surface area contributed by atoms with Crippen molar-refractivity contribution >= 4 is 0 Å². The zero-order valence-corrected chi connectivity index (χ0v) is 10.1. The lowest BCUT2D eigenvalue weighted by Gasteiger charge is -2.42. The van der Waals surface area contributed by atoms with Crippen molar-refractivity contribution in [3.8, 4) is 12.3 Å². The number of hydrogen-bond acceptors (Lipinski definition) is 2. The molecule has 1 saturated carbocycles. The first kappa shape index (κ1) is 12.5. The fourth-order valence-corrected chi connectivity index (χ4v) is 2.60. The van der Waals surface area contributed by atoms with Gasteiger partial charge >= 0.3 is 0 Å². The first-order chi connectivity index (χ1) is 6.97. The third kappa shape index (κ3) is 3.22. The van der Waals surface area contributed by atoms with Crippen molar-refractivity contribution in [2.45, 2.75) is 51.7 Å². The van der Waals surface area contributed by atoms with Crippen molar-refractivity contribution in [1.29, 1.82) is 0 Å². The van der Waals surface area contributed by atoms with Gasteiger partial charge < -0.3 is 10.4 Å². The molecule has 0 aromatic rings. The molecule has 2 heteroatoms. The first-order valence-corrected chi connectivity index (χ1v) is 5.84. The SMILES string of the molecule is C#CCNC(C)(C)[C@@H]1CC[C@@H](C)C[C@H]1O. The molecule has 3 atom stereocenters.